The lowest BCUT2D eigenvalue weighted by molar-refractivity contribution is 0.173. The van der Waals surface area contributed by atoms with Gasteiger partial charge in [0.15, 0.2) is 11.5 Å². The number of carbonyl (C=O) groups excluding carboxylic acids is 1. The highest BCUT2D eigenvalue weighted by Gasteiger charge is 2.16. The van der Waals surface area contributed by atoms with E-state index in [2.05, 4.69) is 5.32 Å². The van der Waals surface area contributed by atoms with Gasteiger partial charge in [-0.25, -0.2) is 4.79 Å². The second-order valence-electron chi connectivity index (χ2n) is 4.99. The Hall–Kier alpha value is -2.63. The third-order valence-electron chi connectivity index (χ3n) is 3.50. The summed E-state index contributed by atoms with van der Waals surface area (Å²) in [4.78, 5) is 14.0. The fraction of sp³-hybridized carbons (Fsp3) is 0.312. The van der Waals surface area contributed by atoms with Crippen molar-refractivity contribution < 1.29 is 18.7 Å². The molecule has 6 nitrogen and oxygen atoms in total. The SMILES string of the molecule is CCN(Cc1ccc2c(c1)OCO2)C(=O)NCc1ccoc1. The molecule has 0 bridgehead atoms. The van der Waals surface area contributed by atoms with Crippen molar-refractivity contribution in [2.45, 2.75) is 20.0 Å². The standard InChI is InChI=1S/C16H18N2O4/c1-2-18(16(19)17-8-13-5-6-20-10-13)9-12-3-4-14-15(7-12)22-11-21-14/h3-7,10H,2,8-9,11H2,1H3,(H,17,19). The number of nitrogens with one attached hydrogen (secondary N) is 1. The molecule has 0 aliphatic carbocycles. The van der Waals surface area contributed by atoms with Gasteiger partial charge < -0.3 is 24.1 Å². The number of carbonyl (C=O) groups is 1. The van der Waals surface area contributed by atoms with Gasteiger partial charge in [-0.3, -0.25) is 0 Å². The fourth-order valence-corrected chi connectivity index (χ4v) is 2.27. The van der Waals surface area contributed by atoms with Gasteiger partial charge in [0.25, 0.3) is 0 Å². The van der Waals surface area contributed by atoms with Crippen LogP contribution >= 0.6 is 0 Å². The van der Waals surface area contributed by atoms with Gasteiger partial charge in [0.2, 0.25) is 6.79 Å². The topological polar surface area (TPSA) is 63.9 Å². The molecular formula is C16H18N2O4. The van der Waals surface area contributed by atoms with Crippen molar-refractivity contribution in [1.29, 1.82) is 0 Å². The Morgan fingerprint density at radius 3 is 2.86 bits per heavy atom. The summed E-state index contributed by atoms with van der Waals surface area (Å²) in [6.07, 6.45) is 3.21. The molecule has 1 N–H and O–H groups in total. The second kappa shape index (κ2) is 6.43. The van der Waals surface area contributed by atoms with E-state index in [9.17, 15) is 4.79 Å². The molecule has 0 radical (unpaired) electrons. The van der Waals surface area contributed by atoms with E-state index in [0.29, 0.717) is 19.6 Å². The number of furan rings is 1. The summed E-state index contributed by atoms with van der Waals surface area (Å²) in [5.74, 6) is 1.48. The highest BCUT2D eigenvalue weighted by atomic mass is 16.7. The van der Waals surface area contributed by atoms with Crippen LogP contribution in [0.25, 0.3) is 0 Å². The van der Waals surface area contributed by atoms with Crippen LogP contribution in [0.5, 0.6) is 11.5 Å². The van der Waals surface area contributed by atoms with Gasteiger partial charge in [-0.05, 0) is 30.7 Å². The average Bonchev–Trinajstić information content (AvgIpc) is 3.20. The second-order valence-corrected chi connectivity index (χ2v) is 4.99. The Morgan fingerprint density at radius 1 is 1.23 bits per heavy atom. The molecule has 0 unspecified atom stereocenters. The quantitative estimate of drug-likeness (QED) is 0.922. The monoisotopic (exact) mass is 302 g/mol. The van der Waals surface area contributed by atoms with Crippen LogP contribution in [0.3, 0.4) is 0 Å². The summed E-state index contributed by atoms with van der Waals surface area (Å²) in [5.41, 5.74) is 1.94. The molecular weight excluding hydrogens is 284 g/mol. The minimum absolute atomic E-state index is 0.110. The number of nitrogens with zero attached hydrogens (tertiary/aromatic N) is 1. The lowest BCUT2D eigenvalue weighted by Crippen LogP contribution is -2.38. The van der Waals surface area contributed by atoms with Crippen LogP contribution < -0.4 is 14.8 Å². The third kappa shape index (κ3) is 3.16. The van der Waals surface area contributed by atoms with Gasteiger partial charge >= 0.3 is 6.03 Å². The molecule has 1 aliphatic heterocycles. The number of hydrogen-bond acceptors (Lipinski definition) is 4. The Labute approximate surface area is 128 Å². The maximum Gasteiger partial charge on any atom is 0.317 e. The summed E-state index contributed by atoms with van der Waals surface area (Å²) in [5, 5.41) is 2.88. The van der Waals surface area contributed by atoms with Crippen LogP contribution in [0, 0.1) is 0 Å². The van der Waals surface area contributed by atoms with Crippen LogP contribution in [0.4, 0.5) is 4.79 Å². The summed E-state index contributed by atoms with van der Waals surface area (Å²) in [6, 6.07) is 7.44. The summed E-state index contributed by atoms with van der Waals surface area (Å²) in [7, 11) is 0. The summed E-state index contributed by atoms with van der Waals surface area (Å²) >= 11 is 0. The van der Waals surface area contributed by atoms with Crippen molar-refractivity contribution in [2.75, 3.05) is 13.3 Å². The molecule has 2 aromatic rings. The van der Waals surface area contributed by atoms with Crippen LogP contribution in [-0.2, 0) is 13.1 Å². The molecule has 2 amide bonds. The van der Waals surface area contributed by atoms with E-state index >= 15 is 0 Å². The number of fused-ring (bicyclic) bond motifs is 1. The molecule has 0 fully saturated rings. The maximum absolute atomic E-state index is 12.2. The first-order valence-corrected chi connectivity index (χ1v) is 7.18. The van der Waals surface area contributed by atoms with Gasteiger partial charge in [-0.1, -0.05) is 6.07 Å². The predicted molar refractivity (Wildman–Crippen MR) is 79.6 cm³/mol. The highest BCUT2D eigenvalue weighted by Crippen LogP contribution is 2.32. The molecule has 1 aliphatic rings. The lowest BCUT2D eigenvalue weighted by Gasteiger charge is -2.21. The van der Waals surface area contributed by atoms with Gasteiger partial charge in [0.05, 0.1) is 12.5 Å². The Kier molecular flexibility index (Phi) is 4.18. The van der Waals surface area contributed by atoms with E-state index in [4.69, 9.17) is 13.9 Å². The molecule has 0 spiro atoms. The minimum atomic E-state index is -0.110. The van der Waals surface area contributed by atoms with Gasteiger partial charge in [0, 0.05) is 25.2 Å². The summed E-state index contributed by atoms with van der Waals surface area (Å²) < 4.78 is 15.6. The molecule has 22 heavy (non-hydrogen) atoms. The molecule has 6 heteroatoms. The Morgan fingerprint density at radius 2 is 2.09 bits per heavy atom. The van der Waals surface area contributed by atoms with Crippen LogP contribution in [0.1, 0.15) is 18.1 Å². The van der Waals surface area contributed by atoms with Crippen LogP contribution in [0.15, 0.2) is 41.2 Å². The molecule has 0 atom stereocenters. The first kappa shape index (κ1) is 14.3. The lowest BCUT2D eigenvalue weighted by atomic mass is 10.2. The van der Waals surface area contributed by atoms with E-state index in [0.717, 1.165) is 22.6 Å². The van der Waals surface area contributed by atoms with Gasteiger partial charge in [0.1, 0.15) is 0 Å². The molecule has 2 heterocycles. The maximum atomic E-state index is 12.2. The molecule has 0 saturated carbocycles. The van der Waals surface area contributed by atoms with Crippen molar-refractivity contribution >= 4 is 6.03 Å². The molecule has 0 saturated heterocycles. The van der Waals surface area contributed by atoms with Crippen LogP contribution in [0.2, 0.25) is 0 Å². The first-order chi connectivity index (χ1) is 10.8. The first-order valence-electron chi connectivity index (χ1n) is 7.18. The Bertz CT molecular complexity index is 640. The number of benzene rings is 1. The molecule has 3 rings (SSSR count). The molecule has 1 aromatic carbocycles. The third-order valence-corrected chi connectivity index (χ3v) is 3.50. The van der Waals surface area contributed by atoms with Crippen molar-refractivity contribution in [3.8, 4) is 11.5 Å². The summed E-state index contributed by atoms with van der Waals surface area (Å²) in [6.45, 7) is 3.79. The van der Waals surface area contributed by atoms with E-state index in [-0.39, 0.29) is 12.8 Å². The zero-order chi connectivity index (χ0) is 15.4. The zero-order valence-electron chi connectivity index (χ0n) is 12.4. The van der Waals surface area contributed by atoms with Crippen molar-refractivity contribution in [3.63, 3.8) is 0 Å². The van der Waals surface area contributed by atoms with Crippen molar-refractivity contribution in [1.82, 2.24) is 10.2 Å². The van der Waals surface area contributed by atoms with Crippen LogP contribution in [-0.4, -0.2) is 24.3 Å². The van der Waals surface area contributed by atoms with Gasteiger partial charge in [-0.2, -0.15) is 0 Å². The normalized spacial score (nSPS) is 12.2. The molecule has 116 valence electrons. The Balaban J connectivity index is 1.60. The predicted octanol–water partition coefficient (Wildman–Crippen LogP) is 2.74. The fourth-order valence-electron chi connectivity index (χ4n) is 2.27. The van der Waals surface area contributed by atoms with E-state index < -0.39 is 0 Å². The van der Waals surface area contributed by atoms with Crippen molar-refractivity contribution in [2.24, 2.45) is 0 Å². The number of amides is 2. The molecule has 1 aromatic heterocycles. The van der Waals surface area contributed by atoms with Crippen molar-refractivity contribution in [3.05, 3.63) is 47.9 Å². The number of urea groups is 1. The number of rotatable bonds is 5. The smallest absolute Gasteiger partial charge is 0.317 e. The largest absolute Gasteiger partial charge is 0.472 e. The minimum Gasteiger partial charge on any atom is -0.472 e. The zero-order valence-corrected chi connectivity index (χ0v) is 12.4. The van der Waals surface area contributed by atoms with Gasteiger partial charge in [-0.15, -0.1) is 0 Å². The van der Waals surface area contributed by atoms with E-state index in [1.165, 1.54) is 0 Å². The van der Waals surface area contributed by atoms with E-state index in [1.807, 2.05) is 31.2 Å². The number of hydrogen-bond donors (Lipinski definition) is 1. The van der Waals surface area contributed by atoms with E-state index in [1.54, 1.807) is 17.4 Å². The number of ether oxygens (including phenoxy) is 2. The highest BCUT2D eigenvalue weighted by molar-refractivity contribution is 5.74. The average molecular weight is 302 g/mol.